The molecule has 1 N–H and O–H groups in total. The molecule has 0 bridgehead atoms. The molecular weight excluding hydrogens is 274 g/mol. The molecule has 0 aliphatic rings. The van der Waals surface area contributed by atoms with E-state index in [1.165, 1.54) is 0 Å². The number of rotatable bonds is 3. The van der Waals surface area contributed by atoms with Crippen molar-refractivity contribution < 1.29 is 4.79 Å². The third-order valence-corrected chi connectivity index (χ3v) is 3.84. The molecule has 110 valence electrons. The Labute approximate surface area is 129 Å². The summed E-state index contributed by atoms with van der Waals surface area (Å²) in [6.07, 6.45) is 1.71. The molecule has 0 spiro atoms. The van der Waals surface area contributed by atoms with Gasteiger partial charge in [-0.1, -0.05) is 36.4 Å². The normalized spacial score (nSPS) is 11.2. The maximum atomic E-state index is 12.0. The molecule has 0 atom stereocenters. The van der Waals surface area contributed by atoms with Crippen molar-refractivity contribution in [3.05, 3.63) is 71.4 Å². The van der Waals surface area contributed by atoms with Crippen molar-refractivity contribution in [1.82, 2.24) is 9.99 Å². The molecule has 0 saturated heterocycles. The Hall–Kier alpha value is -2.88. The smallest absolute Gasteiger partial charge is 0.271 e. The van der Waals surface area contributed by atoms with Crippen LogP contribution < -0.4 is 5.43 Å². The molecule has 1 aromatic heterocycles. The van der Waals surface area contributed by atoms with Crippen molar-refractivity contribution in [3.8, 4) is 0 Å². The van der Waals surface area contributed by atoms with Crippen LogP contribution in [0.3, 0.4) is 0 Å². The Morgan fingerprint density at radius 2 is 1.77 bits per heavy atom. The van der Waals surface area contributed by atoms with Gasteiger partial charge in [0.25, 0.3) is 5.91 Å². The van der Waals surface area contributed by atoms with E-state index in [1.54, 1.807) is 18.3 Å². The van der Waals surface area contributed by atoms with Gasteiger partial charge in [-0.05, 0) is 25.1 Å². The van der Waals surface area contributed by atoms with Crippen LogP contribution in [0.25, 0.3) is 10.9 Å². The van der Waals surface area contributed by atoms with Crippen molar-refractivity contribution in [1.29, 1.82) is 0 Å². The van der Waals surface area contributed by atoms with E-state index >= 15 is 0 Å². The van der Waals surface area contributed by atoms with Crippen LogP contribution in [0.4, 0.5) is 0 Å². The van der Waals surface area contributed by atoms with E-state index in [2.05, 4.69) is 27.2 Å². The van der Waals surface area contributed by atoms with Gasteiger partial charge in [-0.2, -0.15) is 5.10 Å². The molecule has 0 aliphatic carbocycles. The summed E-state index contributed by atoms with van der Waals surface area (Å²) in [6.45, 7) is 2.04. The van der Waals surface area contributed by atoms with Crippen molar-refractivity contribution in [2.45, 2.75) is 6.92 Å². The van der Waals surface area contributed by atoms with Gasteiger partial charge in [0.15, 0.2) is 0 Å². The lowest BCUT2D eigenvalue weighted by Gasteiger charge is -1.99. The molecule has 1 amide bonds. The van der Waals surface area contributed by atoms with E-state index in [9.17, 15) is 4.79 Å². The number of hydrazone groups is 1. The SMILES string of the molecule is Cc1c(/C=N\NC(=O)c2ccccc2)c2ccccc2n1C. The lowest BCUT2D eigenvalue weighted by atomic mass is 10.1. The predicted octanol–water partition coefficient (Wildman–Crippen LogP) is 3.25. The van der Waals surface area contributed by atoms with Gasteiger partial charge < -0.3 is 4.57 Å². The number of amides is 1. The largest absolute Gasteiger partial charge is 0.347 e. The third-order valence-electron chi connectivity index (χ3n) is 3.84. The zero-order valence-electron chi connectivity index (χ0n) is 12.6. The lowest BCUT2D eigenvalue weighted by Crippen LogP contribution is -2.17. The summed E-state index contributed by atoms with van der Waals surface area (Å²) < 4.78 is 2.12. The fraction of sp³-hybridized carbons (Fsp3) is 0.111. The van der Waals surface area contributed by atoms with E-state index in [-0.39, 0.29) is 5.91 Å². The first-order valence-corrected chi connectivity index (χ1v) is 7.11. The van der Waals surface area contributed by atoms with E-state index in [0.29, 0.717) is 5.56 Å². The number of fused-ring (bicyclic) bond motifs is 1. The molecule has 4 heteroatoms. The number of hydrogen-bond donors (Lipinski definition) is 1. The van der Waals surface area contributed by atoms with Crippen LogP contribution in [0.2, 0.25) is 0 Å². The number of benzene rings is 2. The summed E-state index contributed by atoms with van der Waals surface area (Å²) >= 11 is 0. The molecule has 3 aromatic rings. The van der Waals surface area contributed by atoms with Gasteiger partial charge in [0.2, 0.25) is 0 Å². The highest BCUT2D eigenvalue weighted by Gasteiger charge is 2.09. The molecule has 4 nitrogen and oxygen atoms in total. The minimum absolute atomic E-state index is 0.213. The summed E-state index contributed by atoms with van der Waals surface area (Å²) in [5, 5.41) is 5.23. The Morgan fingerprint density at radius 3 is 2.55 bits per heavy atom. The van der Waals surface area contributed by atoms with Crippen molar-refractivity contribution in [2.24, 2.45) is 12.1 Å². The Balaban J connectivity index is 1.85. The fourth-order valence-electron chi connectivity index (χ4n) is 2.52. The summed E-state index contributed by atoms with van der Waals surface area (Å²) in [5.41, 5.74) is 6.44. The monoisotopic (exact) mass is 291 g/mol. The molecule has 0 aliphatic heterocycles. The molecule has 3 rings (SSSR count). The van der Waals surface area contributed by atoms with Crippen LogP contribution in [0.5, 0.6) is 0 Å². The van der Waals surface area contributed by atoms with Crippen LogP contribution in [0.15, 0.2) is 59.7 Å². The average molecular weight is 291 g/mol. The van der Waals surface area contributed by atoms with Crippen LogP contribution in [0, 0.1) is 6.92 Å². The first-order valence-electron chi connectivity index (χ1n) is 7.11. The minimum Gasteiger partial charge on any atom is -0.347 e. The Kier molecular flexibility index (Phi) is 3.74. The van der Waals surface area contributed by atoms with Gasteiger partial charge in [0.05, 0.1) is 6.21 Å². The zero-order chi connectivity index (χ0) is 15.5. The van der Waals surface area contributed by atoms with Crippen molar-refractivity contribution in [3.63, 3.8) is 0 Å². The summed E-state index contributed by atoms with van der Waals surface area (Å²) in [7, 11) is 2.03. The summed E-state index contributed by atoms with van der Waals surface area (Å²) in [4.78, 5) is 12.0. The molecule has 2 aromatic carbocycles. The molecule has 0 unspecified atom stereocenters. The topological polar surface area (TPSA) is 46.4 Å². The van der Waals surface area contributed by atoms with Crippen molar-refractivity contribution in [2.75, 3.05) is 0 Å². The van der Waals surface area contributed by atoms with Gasteiger partial charge >= 0.3 is 0 Å². The first-order chi connectivity index (χ1) is 10.7. The maximum absolute atomic E-state index is 12.0. The van der Waals surface area contributed by atoms with Crippen LogP contribution in [-0.4, -0.2) is 16.7 Å². The second-order valence-corrected chi connectivity index (χ2v) is 5.14. The Morgan fingerprint density at radius 1 is 1.09 bits per heavy atom. The second-order valence-electron chi connectivity index (χ2n) is 5.14. The second kappa shape index (κ2) is 5.85. The number of para-hydroxylation sites is 1. The molecule has 0 fully saturated rings. The quantitative estimate of drug-likeness (QED) is 0.584. The lowest BCUT2D eigenvalue weighted by molar-refractivity contribution is 0.0955. The summed E-state index contributed by atoms with van der Waals surface area (Å²) in [6, 6.07) is 17.2. The van der Waals surface area contributed by atoms with E-state index in [1.807, 2.05) is 44.3 Å². The molecule has 0 radical (unpaired) electrons. The molecule has 22 heavy (non-hydrogen) atoms. The number of carbonyl (C=O) groups is 1. The number of aryl methyl sites for hydroxylation is 1. The highest BCUT2D eigenvalue weighted by molar-refractivity contribution is 6.02. The van der Waals surface area contributed by atoms with Gasteiger partial charge in [0.1, 0.15) is 0 Å². The highest BCUT2D eigenvalue weighted by Crippen LogP contribution is 2.22. The Bertz CT molecular complexity index is 847. The molecule has 0 saturated carbocycles. The first kappa shape index (κ1) is 14.1. The number of nitrogens with one attached hydrogen (secondary N) is 1. The highest BCUT2D eigenvalue weighted by atomic mass is 16.2. The molecule has 1 heterocycles. The predicted molar refractivity (Wildman–Crippen MR) is 89.2 cm³/mol. The number of nitrogens with zero attached hydrogens (tertiary/aromatic N) is 2. The standard InChI is InChI=1S/C18H17N3O/c1-13-16(15-10-6-7-11-17(15)21(13)2)12-19-20-18(22)14-8-4-3-5-9-14/h3-12H,1-2H3,(H,20,22)/b19-12-. The van der Waals surface area contributed by atoms with Gasteiger partial charge in [-0.25, -0.2) is 5.43 Å². The molecular formula is C18H17N3O. The zero-order valence-corrected chi connectivity index (χ0v) is 12.6. The van der Waals surface area contributed by atoms with Gasteiger partial charge in [-0.3, -0.25) is 4.79 Å². The van der Waals surface area contributed by atoms with Crippen LogP contribution in [-0.2, 0) is 7.05 Å². The fourth-order valence-corrected chi connectivity index (χ4v) is 2.52. The van der Waals surface area contributed by atoms with Gasteiger partial charge in [-0.15, -0.1) is 0 Å². The van der Waals surface area contributed by atoms with E-state index in [0.717, 1.165) is 22.2 Å². The minimum atomic E-state index is -0.213. The number of aromatic nitrogens is 1. The van der Waals surface area contributed by atoms with Crippen LogP contribution >= 0.6 is 0 Å². The third kappa shape index (κ3) is 2.51. The van der Waals surface area contributed by atoms with Crippen molar-refractivity contribution >= 4 is 23.0 Å². The van der Waals surface area contributed by atoms with E-state index < -0.39 is 0 Å². The summed E-state index contributed by atoms with van der Waals surface area (Å²) in [5.74, 6) is -0.213. The van der Waals surface area contributed by atoms with Gasteiger partial charge in [0, 0.05) is 34.8 Å². The van der Waals surface area contributed by atoms with Crippen LogP contribution in [0.1, 0.15) is 21.6 Å². The van der Waals surface area contributed by atoms with E-state index in [4.69, 9.17) is 0 Å². The maximum Gasteiger partial charge on any atom is 0.271 e. The average Bonchev–Trinajstić information content (AvgIpc) is 2.81. The number of hydrogen-bond acceptors (Lipinski definition) is 2. The number of carbonyl (C=O) groups excluding carboxylic acids is 1.